The minimum Gasteiger partial charge on any atom is -0.389 e. The van der Waals surface area contributed by atoms with Crippen molar-refractivity contribution < 1.29 is 5.11 Å². The first-order valence-corrected chi connectivity index (χ1v) is 6.77. The van der Waals surface area contributed by atoms with Gasteiger partial charge in [-0.15, -0.1) is 0 Å². The standard InChI is InChI=1S/C15H17NOS/c1-10-4-5-14(11(2)8-10)18-15-9-13(12(3)17)6-7-16-15/h4-9,12,17H,1-3H3/t12-/m1/s1. The van der Waals surface area contributed by atoms with Crippen molar-refractivity contribution in [1.29, 1.82) is 0 Å². The Morgan fingerprint density at radius 2 is 1.94 bits per heavy atom. The van der Waals surface area contributed by atoms with Crippen molar-refractivity contribution >= 4 is 11.8 Å². The molecule has 1 aromatic heterocycles. The van der Waals surface area contributed by atoms with Crippen LogP contribution in [0.2, 0.25) is 0 Å². The molecule has 2 aromatic rings. The molecule has 0 fully saturated rings. The van der Waals surface area contributed by atoms with E-state index in [1.54, 1.807) is 24.9 Å². The molecule has 1 aromatic carbocycles. The summed E-state index contributed by atoms with van der Waals surface area (Å²) >= 11 is 1.63. The van der Waals surface area contributed by atoms with E-state index in [-0.39, 0.29) is 0 Å². The second-order valence-corrected chi connectivity index (χ2v) is 5.54. The SMILES string of the molecule is Cc1ccc(Sc2cc([C@@H](C)O)ccn2)c(C)c1. The van der Waals surface area contributed by atoms with Gasteiger partial charge in [0.15, 0.2) is 0 Å². The monoisotopic (exact) mass is 259 g/mol. The number of rotatable bonds is 3. The number of aliphatic hydroxyl groups is 1. The number of hydrogen-bond donors (Lipinski definition) is 1. The van der Waals surface area contributed by atoms with Gasteiger partial charge in [0.05, 0.1) is 6.10 Å². The topological polar surface area (TPSA) is 33.1 Å². The van der Waals surface area contributed by atoms with Crippen LogP contribution in [0.5, 0.6) is 0 Å². The van der Waals surface area contributed by atoms with Crippen LogP contribution in [0.3, 0.4) is 0 Å². The Kier molecular flexibility index (Phi) is 4.04. The van der Waals surface area contributed by atoms with Crippen molar-refractivity contribution in [3.8, 4) is 0 Å². The van der Waals surface area contributed by atoms with Crippen molar-refractivity contribution in [3.63, 3.8) is 0 Å². The van der Waals surface area contributed by atoms with Crippen LogP contribution in [-0.4, -0.2) is 10.1 Å². The average molecular weight is 259 g/mol. The molecule has 1 atom stereocenters. The fourth-order valence-electron chi connectivity index (χ4n) is 1.77. The first-order chi connectivity index (χ1) is 8.56. The molecule has 2 rings (SSSR count). The maximum Gasteiger partial charge on any atom is 0.101 e. The first-order valence-electron chi connectivity index (χ1n) is 5.95. The summed E-state index contributed by atoms with van der Waals surface area (Å²) in [5, 5.41) is 10.5. The molecule has 1 heterocycles. The number of nitrogens with zero attached hydrogens (tertiary/aromatic N) is 1. The highest BCUT2D eigenvalue weighted by Crippen LogP contribution is 2.30. The smallest absolute Gasteiger partial charge is 0.101 e. The van der Waals surface area contributed by atoms with Gasteiger partial charge in [-0.2, -0.15) is 0 Å². The first kappa shape index (κ1) is 13.1. The highest BCUT2D eigenvalue weighted by Gasteiger charge is 2.06. The van der Waals surface area contributed by atoms with E-state index in [4.69, 9.17) is 0 Å². The fourth-order valence-corrected chi connectivity index (χ4v) is 2.66. The molecule has 0 unspecified atom stereocenters. The molecule has 0 saturated carbocycles. The third-order valence-electron chi connectivity index (χ3n) is 2.79. The van der Waals surface area contributed by atoms with E-state index >= 15 is 0 Å². The second kappa shape index (κ2) is 5.55. The molecular weight excluding hydrogens is 242 g/mol. The van der Waals surface area contributed by atoms with E-state index in [2.05, 4.69) is 37.0 Å². The summed E-state index contributed by atoms with van der Waals surface area (Å²) in [5.41, 5.74) is 3.42. The van der Waals surface area contributed by atoms with Crippen LogP contribution in [0.4, 0.5) is 0 Å². The lowest BCUT2D eigenvalue weighted by Gasteiger charge is -2.08. The summed E-state index contributed by atoms with van der Waals surface area (Å²) in [6.45, 7) is 5.96. The van der Waals surface area contributed by atoms with E-state index in [9.17, 15) is 5.11 Å². The van der Waals surface area contributed by atoms with Gasteiger partial charge in [-0.25, -0.2) is 4.98 Å². The highest BCUT2D eigenvalue weighted by molar-refractivity contribution is 7.99. The molecule has 0 aliphatic carbocycles. The molecule has 18 heavy (non-hydrogen) atoms. The van der Waals surface area contributed by atoms with E-state index in [0.717, 1.165) is 10.6 Å². The zero-order valence-electron chi connectivity index (χ0n) is 10.8. The molecule has 1 N–H and O–H groups in total. The maximum atomic E-state index is 9.57. The van der Waals surface area contributed by atoms with Crippen LogP contribution < -0.4 is 0 Å². The number of hydrogen-bond acceptors (Lipinski definition) is 3. The summed E-state index contributed by atoms with van der Waals surface area (Å²) in [6, 6.07) is 10.2. The molecule has 0 amide bonds. The molecular formula is C15H17NOS. The molecule has 0 saturated heterocycles. The van der Waals surface area contributed by atoms with E-state index < -0.39 is 6.10 Å². The number of aliphatic hydroxyl groups excluding tert-OH is 1. The Bertz CT molecular complexity index is 552. The number of benzene rings is 1. The second-order valence-electron chi connectivity index (χ2n) is 4.47. The van der Waals surface area contributed by atoms with E-state index in [1.807, 2.05) is 12.1 Å². The average Bonchev–Trinajstić information content (AvgIpc) is 2.33. The van der Waals surface area contributed by atoms with Crippen LogP contribution in [0.1, 0.15) is 29.7 Å². The number of aromatic nitrogens is 1. The van der Waals surface area contributed by atoms with Gasteiger partial charge in [-0.05, 0) is 50.1 Å². The van der Waals surface area contributed by atoms with Crippen LogP contribution in [0.25, 0.3) is 0 Å². The summed E-state index contributed by atoms with van der Waals surface area (Å²) in [4.78, 5) is 5.54. The predicted octanol–water partition coefficient (Wildman–Crippen LogP) is 3.90. The lowest BCUT2D eigenvalue weighted by Crippen LogP contribution is -1.92. The van der Waals surface area contributed by atoms with E-state index in [1.165, 1.54) is 16.0 Å². The third kappa shape index (κ3) is 3.12. The van der Waals surface area contributed by atoms with Crippen molar-refractivity contribution in [3.05, 3.63) is 53.2 Å². The van der Waals surface area contributed by atoms with Gasteiger partial charge in [0.2, 0.25) is 0 Å². The summed E-state index contributed by atoms with van der Waals surface area (Å²) < 4.78 is 0. The Morgan fingerprint density at radius 1 is 1.17 bits per heavy atom. The van der Waals surface area contributed by atoms with Gasteiger partial charge >= 0.3 is 0 Å². The molecule has 0 aliphatic rings. The Labute approximate surface area is 112 Å². The van der Waals surface area contributed by atoms with Crippen molar-refractivity contribution in [2.24, 2.45) is 0 Å². The largest absolute Gasteiger partial charge is 0.389 e. The van der Waals surface area contributed by atoms with Gasteiger partial charge in [0.25, 0.3) is 0 Å². The van der Waals surface area contributed by atoms with Crippen LogP contribution in [-0.2, 0) is 0 Å². The van der Waals surface area contributed by atoms with Gasteiger partial charge in [-0.1, -0.05) is 29.5 Å². The predicted molar refractivity (Wildman–Crippen MR) is 74.9 cm³/mol. The van der Waals surface area contributed by atoms with Crippen LogP contribution in [0, 0.1) is 13.8 Å². The Morgan fingerprint density at radius 3 is 2.61 bits per heavy atom. The van der Waals surface area contributed by atoms with Crippen LogP contribution >= 0.6 is 11.8 Å². The summed E-state index contributed by atoms with van der Waals surface area (Å²) in [7, 11) is 0. The van der Waals surface area contributed by atoms with Gasteiger partial charge in [0, 0.05) is 11.1 Å². The molecule has 0 bridgehead atoms. The quantitative estimate of drug-likeness (QED) is 0.907. The lowest BCUT2D eigenvalue weighted by molar-refractivity contribution is 0.199. The zero-order chi connectivity index (χ0) is 13.1. The van der Waals surface area contributed by atoms with Crippen LogP contribution in [0.15, 0.2) is 46.5 Å². The highest BCUT2D eigenvalue weighted by atomic mass is 32.2. The summed E-state index contributed by atoms with van der Waals surface area (Å²) in [6.07, 6.45) is 1.29. The maximum absolute atomic E-state index is 9.57. The third-order valence-corrected chi connectivity index (χ3v) is 3.90. The molecule has 2 nitrogen and oxygen atoms in total. The van der Waals surface area contributed by atoms with Crippen molar-refractivity contribution in [1.82, 2.24) is 4.98 Å². The number of pyridine rings is 1. The summed E-state index contributed by atoms with van der Waals surface area (Å²) in [5.74, 6) is 0. The minimum absolute atomic E-state index is 0.452. The molecule has 0 radical (unpaired) electrons. The van der Waals surface area contributed by atoms with Gasteiger partial charge in [-0.3, -0.25) is 0 Å². The van der Waals surface area contributed by atoms with Crippen molar-refractivity contribution in [2.75, 3.05) is 0 Å². The molecule has 0 aliphatic heterocycles. The Balaban J connectivity index is 2.25. The number of aryl methyl sites for hydroxylation is 2. The molecule has 94 valence electrons. The van der Waals surface area contributed by atoms with E-state index in [0.29, 0.717) is 0 Å². The molecule has 0 spiro atoms. The Hall–Kier alpha value is -1.32. The lowest BCUT2D eigenvalue weighted by atomic mass is 10.2. The minimum atomic E-state index is -0.452. The normalized spacial score (nSPS) is 12.4. The molecule has 3 heteroatoms. The zero-order valence-corrected chi connectivity index (χ0v) is 11.7. The van der Waals surface area contributed by atoms with Gasteiger partial charge < -0.3 is 5.11 Å². The van der Waals surface area contributed by atoms with Crippen molar-refractivity contribution in [2.45, 2.75) is 36.8 Å². The fraction of sp³-hybridized carbons (Fsp3) is 0.267. The van der Waals surface area contributed by atoms with Gasteiger partial charge in [0.1, 0.15) is 5.03 Å².